The summed E-state index contributed by atoms with van der Waals surface area (Å²) in [5.41, 5.74) is 2.61. The van der Waals surface area contributed by atoms with E-state index < -0.39 is 0 Å². The molecule has 0 spiro atoms. The normalized spacial score (nSPS) is 20.3. The Bertz CT molecular complexity index is 171. The van der Waals surface area contributed by atoms with E-state index in [2.05, 4.69) is 15.7 Å². The van der Waals surface area contributed by atoms with Crippen molar-refractivity contribution in [3.63, 3.8) is 0 Å². The summed E-state index contributed by atoms with van der Waals surface area (Å²) in [4.78, 5) is 4.24. The molecule has 1 aliphatic rings. The predicted octanol–water partition coefficient (Wildman–Crippen LogP) is 1.14. The van der Waals surface area contributed by atoms with Gasteiger partial charge in [0.1, 0.15) is 0 Å². The van der Waals surface area contributed by atoms with Crippen molar-refractivity contribution in [1.82, 2.24) is 10.7 Å². The molecule has 0 aromatic carbocycles. The molecule has 0 amide bonds. The predicted molar refractivity (Wildman–Crippen MR) is 59.9 cm³/mol. The maximum Gasteiger partial charge on any atom is 0.205 e. The summed E-state index contributed by atoms with van der Waals surface area (Å²) in [6, 6.07) is 0.554. The van der Waals surface area contributed by atoms with Crippen LogP contribution in [0.5, 0.6) is 0 Å². The minimum absolute atomic E-state index is 0.554. The van der Waals surface area contributed by atoms with E-state index in [4.69, 9.17) is 5.84 Å². The molecule has 14 heavy (non-hydrogen) atoms. The molecule has 0 radical (unpaired) electrons. The minimum atomic E-state index is 0.554. The Labute approximate surface area is 86.3 Å². The number of guanidine groups is 1. The Morgan fingerprint density at radius 2 is 1.93 bits per heavy atom. The molecule has 4 nitrogen and oxygen atoms in total. The molecule has 1 aliphatic carbocycles. The van der Waals surface area contributed by atoms with Crippen LogP contribution in [0.3, 0.4) is 0 Å². The number of hydrazine groups is 1. The van der Waals surface area contributed by atoms with Gasteiger partial charge in [0.05, 0.1) is 0 Å². The van der Waals surface area contributed by atoms with Crippen LogP contribution in [0.1, 0.15) is 45.4 Å². The quantitative estimate of drug-likeness (QED) is 0.205. The van der Waals surface area contributed by atoms with Crippen molar-refractivity contribution in [2.24, 2.45) is 10.8 Å². The number of hydrogen-bond donors (Lipinski definition) is 3. The number of rotatable bonds is 2. The first kappa shape index (κ1) is 11.3. The average Bonchev–Trinajstić information content (AvgIpc) is 2.45. The van der Waals surface area contributed by atoms with E-state index in [1.54, 1.807) is 0 Å². The molecule has 4 heteroatoms. The summed E-state index contributed by atoms with van der Waals surface area (Å²) in [5, 5.41) is 3.36. The third-order valence-electron chi connectivity index (χ3n) is 2.65. The molecule has 0 atom stereocenters. The lowest BCUT2D eigenvalue weighted by Gasteiger charge is -2.18. The van der Waals surface area contributed by atoms with Gasteiger partial charge in [-0.1, -0.05) is 25.7 Å². The van der Waals surface area contributed by atoms with Gasteiger partial charge < -0.3 is 5.32 Å². The van der Waals surface area contributed by atoms with Crippen molar-refractivity contribution >= 4 is 5.96 Å². The fraction of sp³-hybridized carbons (Fsp3) is 0.900. The molecular weight excluding hydrogens is 176 g/mol. The van der Waals surface area contributed by atoms with Crippen molar-refractivity contribution in [3.05, 3.63) is 0 Å². The van der Waals surface area contributed by atoms with Gasteiger partial charge in [0, 0.05) is 12.6 Å². The standard InChI is InChI=1S/C10H22N4/c1-2-12-10(14-11)13-9-7-5-3-4-6-8-9/h9H,2-8,11H2,1H3,(H2,12,13,14). The molecular formula is C10H22N4. The van der Waals surface area contributed by atoms with Crippen LogP contribution in [-0.2, 0) is 0 Å². The van der Waals surface area contributed by atoms with Crippen molar-refractivity contribution in [2.45, 2.75) is 51.5 Å². The average molecular weight is 198 g/mol. The smallest absolute Gasteiger partial charge is 0.205 e. The highest BCUT2D eigenvalue weighted by Gasteiger charge is 2.12. The van der Waals surface area contributed by atoms with Crippen LogP contribution < -0.4 is 16.6 Å². The van der Waals surface area contributed by atoms with Gasteiger partial charge in [-0.2, -0.15) is 0 Å². The van der Waals surface area contributed by atoms with Crippen LogP contribution in [0, 0.1) is 0 Å². The molecule has 4 N–H and O–H groups in total. The van der Waals surface area contributed by atoms with E-state index in [9.17, 15) is 0 Å². The number of hydrogen-bond acceptors (Lipinski definition) is 2. The lowest BCUT2D eigenvalue weighted by Crippen LogP contribution is -2.46. The van der Waals surface area contributed by atoms with Crippen LogP contribution in [0.2, 0.25) is 0 Å². The van der Waals surface area contributed by atoms with Crippen LogP contribution in [-0.4, -0.2) is 18.5 Å². The van der Waals surface area contributed by atoms with Crippen molar-refractivity contribution in [2.75, 3.05) is 6.54 Å². The molecule has 1 fully saturated rings. The molecule has 0 heterocycles. The van der Waals surface area contributed by atoms with Crippen molar-refractivity contribution in [1.29, 1.82) is 0 Å². The maximum atomic E-state index is 5.37. The lowest BCUT2D eigenvalue weighted by atomic mass is 10.1. The van der Waals surface area contributed by atoms with Gasteiger partial charge in [0.15, 0.2) is 0 Å². The Balaban J connectivity index is 2.35. The second-order valence-corrected chi connectivity index (χ2v) is 3.80. The second-order valence-electron chi connectivity index (χ2n) is 3.80. The Morgan fingerprint density at radius 1 is 1.29 bits per heavy atom. The Hall–Kier alpha value is -0.770. The molecule has 0 bridgehead atoms. The first-order valence-electron chi connectivity index (χ1n) is 5.64. The summed E-state index contributed by atoms with van der Waals surface area (Å²) >= 11 is 0. The van der Waals surface area contributed by atoms with Crippen LogP contribution >= 0.6 is 0 Å². The summed E-state index contributed by atoms with van der Waals surface area (Å²) in [7, 11) is 0. The third kappa shape index (κ3) is 3.96. The highest BCUT2D eigenvalue weighted by atomic mass is 15.3. The molecule has 0 aromatic rings. The van der Waals surface area contributed by atoms with Gasteiger partial charge in [-0.05, 0) is 19.8 Å². The van der Waals surface area contributed by atoms with E-state index >= 15 is 0 Å². The summed E-state index contributed by atoms with van der Waals surface area (Å²) in [6.45, 7) is 2.77. The molecule has 1 saturated carbocycles. The summed E-state index contributed by atoms with van der Waals surface area (Å²) in [6.07, 6.45) is 7.86. The van der Waals surface area contributed by atoms with Gasteiger partial charge in [0.25, 0.3) is 0 Å². The van der Waals surface area contributed by atoms with Crippen LogP contribution in [0.15, 0.2) is 4.99 Å². The van der Waals surface area contributed by atoms with Gasteiger partial charge >= 0.3 is 0 Å². The lowest BCUT2D eigenvalue weighted by molar-refractivity contribution is 0.525. The fourth-order valence-electron chi connectivity index (χ4n) is 1.91. The summed E-state index contributed by atoms with van der Waals surface area (Å²) in [5.74, 6) is 6.11. The Kier molecular flexibility index (Phi) is 5.37. The monoisotopic (exact) mass is 198 g/mol. The van der Waals surface area contributed by atoms with E-state index in [1.165, 1.54) is 38.5 Å². The highest BCUT2D eigenvalue weighted by molar-refractivity contribution is 5.79. The van der Waals surface area contributed by atoms with Crippen molar-refractivity contribution in [3.8, 4) is 0 Å². The highest BCUT2D eigenvalue weighted by Crippen LogP contribution is 2.16. The number of nitrogens with one attached hydrogen (secondary N) is 2. The zero-order valence-corrected chi connectivity index (χ0v) is 9.05. The van der Waals surface area contributed by atoms with Crippen LogP contribution in [0.25, 0.3) is 0 Å². The largest absolute Gasteiger partial charge is 0.353 e. The van der Waals surface area contributed by atoms with Crippen LogP contribution in [0.4, 0.5) is 0 Å². The van der Waals surface area contributed by atoms with E-state index in [-0.39, 0.29) is 0 Å². The van der Waals surface area contributed by atoms with Gasteiger partial charge in [-0.15, -0.1) is 0 Å². The molecule has 0 aliphatic heterocycles. The first-order chi connectivity index (χ1) is 6.86. The molecule has 82 valence electrons. The fourth-order valence-corrected chi connectivity index (χ4v) is 1.91. The molecule has 0 unspecified atom stereocenters. The number of nitrogens with two attached hydrogens (primary N) is 1. The van der Waals surface area contributed by atoms with E-state index in [0.717, 1.165) is 12.5 Å². The number of nitrogens with zero attached hydrogens (tertiary/aromatic N) is 1. The second kappa shape index (κ2) is 6.65. The minimum Gasteiger partial charge on any atom is -0.353 e. The number of aliphatic imine (C=N–C) groups is 1. The van der Waals surface area contributed by atoms with Gasteiger partial charge in [-0.25, -0.2) is 5.84 Å². The van der Waals surface area contributed by atoms with Crippen molar-refractivity contribution < 1.29 is 0 Å². The maximum absolute atomic E-state index is 5.37. The van der Waals surface area contributed by atoms with Gasteiger partial charge in [0.2, 0.25) is 5.96 Å². The topological polar surface area (TPSA) is 62.4 Å². The molecule has 0 aromatic heterocycles. The first-order valence-corrected chi connectivity index (χ1v) is 5.64. The summed E-state index contributed by atoms with van der Waals surface area (Å²) < 4.78 is 0. The van der Waals surface area contributed by atoms with Gasteiger partial charge in [-0.3, -0.25) is 10.4 Å². The zero-order valence-electron chi connectivity index (χ0n) is 9.05. The zero-order chi connectivity index (χ0) is 10.2. The molecule has 0 saturated heterocycles. The van der Waals surface area contributed by atoms with E-state index in [0.29, 0.717) is 6.04 Å². The SMILES string of the molecule is CCN=C(NN)NC1CCCCCC1. The third-order valence-corrected chi connectivity index (χ3v) is 2.65. The van der Waals surface area contributed by atoms with E-state index in [1.807, 2.05) is 6.92 Å². The molecule has 1 rings (SSSR count). The Morgan fingerprint density at radius 3 is 2.43 bits per heavy atom.